The van der Waals surface area contributed by atoms with E-state index in [1.165, 1.54) is 0 Å². The molecule has 2 fully saturated rings. The maximum Gasteiger partial charge on any atom is 0.191 e. The van der Waals surface area contributed by atoms with Crippen molar-refractivity contribution in [2.75, 3.05) is 26.3 Å². The summed E-state index contributed by atoms with van der Waals surface area (Å²) in [5.74, 6) is 0.434. The third-order valence-corrected chi connectivity index (χ3v) is 3.74. The number of hydrogen-bond donors (Lipinski definition) is 1. The summed E-state index contributed by atoms with van der Waals surface area (Å²) in [5.41, 5.74) is 5.30. The first-order valence-corrected chi connectivity index (χ1v) is 6.60. The van der Waals surface area contributed by atoms with E-state index in [0.29, 0.717) is 31.2 Å². The van der Waals surface area contributed by atoms with Crippen molar-refractivity contribution in [1.82, 2.24) is 4.90 Å². The molecule has 1 aliphatic carbocycles. The molecule has 2 N–H and O–H groups in total. The van der Waals surface area contributed by atoms with E-state index in [1.807, 2.05) is 23.1 Å². The molecule has 0 bridgehead atoms. The van der Waals surface area contributed by atoms with E-state index >= 15 is 0 Å². The van der Waals surface area contributed by atoms with E-state index in [9.17, 15) is 4.39 Å². The van der Waals surface area contributed by atoms with Crippen LogP contribution < -0.4 is 5.73 Å². The van der Waals surface area contributed by atoms with Gasteiger partial charge in [0, 0.05) is 19.5 Å². The molecule has 1 heterocycles. The normalized spacial score (nSPS) is 31.3. The van der Waals surface area contributed by atoms with E-state index in [1.54, 1.807) is 12.1 Å². The van der Waals surface area contributed by atoms with Crippen LogP contribution in [0.2, 0.25) is 0 Å². The maximum atomic E-state index is 14.6. The molecule has 1 aliphatic heterocycles. The molecule has 1 saturated carbocycles. The van der Waals surface area contributed by atoms with Crippen molar-refractivity contribution in [2.24, 2.45) is 10.7 Å². The lowest BCUT2D eigenvalue weighted by atomic mass is 10.1. The van der Waals surface area contributed by atoms with Crippen LogP contribution >= 0.6 is 0 Å². The zero-order valence-corrected chi connectivity index (χ0v) is 10.8. The number of ether oxygens (including phenoxy) is 1. The van der Waals surface area contributed by atoms with E-state index < -0.39 is 5.67 Å². The number of halogens is 1. The molecule has 3 rings (SSSR count). The Labute approximate surface area is 112 Å². The van der Waals surface area contributed by atoms with Gasteiger partial charge in [-0.25, -0.2) is 9.38 Å². The van der Waals surface area contributed by atoms with Crippen molar-refractivity contribution in [3.8, 4) is 0 Å². The molecule has 19 heavy (non-hydrogen) atoms. The second kappa shape index (κ2) is 4.81. The molecule has 1 aromatic rings. The SMILES string of the molecule is NC(=NC1CC1(F)c1ccccc1)N1CCOCC1. The molecule has 0 amide bonds. The van der Waals surface area contributed by atoms with Crippen LogP contribution in [0.15, 0.2) is 35.3 Å². The topological polar surface area (TPSA) is 50.8 Å². The second-order valence-corrected chi connectivity index (χ2v) is 5.04. The first-order valence-electron chi connectivity index (χ1n) is 6.60. The van der Waals surface area contributed by atoms with Gasteiger partial charge in [0.25, 0.3) is 0 Å². The van der Waals surface area contributed by atoms with Gasteiger partial charge in [0.05, 0.1) is 19.3 Å². The van der Waals surface area contributed by atoms with E-state index in [4.69, 9.17) is 10.5 Å². The Hall–Kier alpha value is -1.62. The Balaban J connectivity index is 1.69. The van der Waals surface area contributed by atoms with Crippen LogP contribution in [0, 0.1) is 0 Å². The fraction of sp³-hybridized carbons (Fsp3) is 0.500. The maximum absolute atomic E-state index is 14.6. The molecule has 2 unspecified atom stereocenters. The summed E-state index contributed by atoms with van der Waals surface area (Å²) in [7, 11) is 0. The van der Waals surface area contributed by atoms with Crippen molar-refractivity contribution in [2.45, 2.75) is 18.1 Å². The molecule has 2 atom stereocenters. The van der Waals surface area contributed by atoms with Gasteiger partial charge in [0.2, 0.25) is 0 Å². The van der Waals surface area contributed by atoms with Gasteiger partial charge in [-0.15, -0.1) is 0 Å². The minimum atomic E-state index is -1.34. The van der Waals surface area contributed by atoms with Crippen LogP contribution in [0.25, 0.3) is 0 Å². The summed E-state index contributed by atoms with van der Waals surface area (Å²) in [5, 5.41) is 0. The van der Waals surface area contributed by atoms with Gasteiger partial charge >= 0.3 is 0 Å². The predicted octanol–water partition coefficient (Wildman–Crippen LogP) is 1.27. The summed E-state index contributed by atoms with van der Waals surface area (Å²) >= 11 is 0. The Morgan fingerprint density at radius 3 is 2.68 bits per heavy atom. The van der Waals surface area contributed by atoms with Gasteiger partial charge in [-0.2, -0.15) is 0 Å². The lowest BCUT2D eigenvalue weighted by Crippen LogP contribution is -2.45. The molecule has 1 saturated heterocycles. The highest BCUT2D eigenvalue weighted by atomic mass is 19.1. The fourth-order valence-electron chi connectivity index (χ4n) is 2.43. The lowest BCUT2D eigenvalue weighted by molar-refractivity contribution is 0.0673. The van der Waals surface area contributed by atoms with Crippen LogP contribution in [0.4, 0.5) is 4.39 Å². The third-order valence-electron chi connectivity index (χ3n) is 3.74. The number of alkyl halides is 1. The van der Waals surface area contributed by atoms with Gasteiger partial charge < -0.3 is 15.4 Å². The highest BCUT2D eigenvalue weighted by Crippen LogP contribution is 2.52. The molecular formula is C14H18FN3O. The number of nitrogens with two attached hydrogens (primary N) is 1. The molecule has 0 radical (unpaired) electrons. The highest BCUT2D eigenvalue weighted by Gasteiger charge is 2.57. The zero-order valence-electron chi connectivity index (χ0n) is 10.8. The van der Waals surface area contributed by atoms with Crippen LogP contribution in [-0.4, -0.2) is 43.2 Å². The van der Waals surface area contributed by atoms with Crippen LogP contribution in [0.1, 0.15) is 12.0 Å². The second-order valence-electron chi connectivity index (χ2n) is 5.04. The van der Waals surface area contributed by atoms with E-state index in [2.05, 4.69) is 4.99 Å². The van der Waals surface area contributed by atoms with Crippen molar-refractivity contribution in [3.63, 3.8) is 0 Å². The van der Waals surface area contributed by atoms with Crippen molar-refractivity contribution >= 4 is 5.96 Å². The first kappa shape index (κ1) is 12.4. The largest absolute Gasteiger partial charge is 0.378 e. The number of nitrogens with zero attached hydrogens (tertiary/aromatic N) is 2. The molecular weight excluding hydrogens is 245 g/mol. The summed E-state index contributed by atoms with van der Waals surface area (Å²) in [6.45, 7) is 2.76. The quantitative estimate of drug-likeness (QED) is 0.646. The van der Waals surface area contributed by atoms with E-state index in [0.717, 1.165) is 13.1 Å². The first-order chi connectivity index (χ1) is 9.20. The highest BCUT2D eigenvalue weighted by molar-refractivity contribution is 5.78. The number of rotatable bonds is 2. The number of hydrogen-bond acceptors (Lipinski definition) is 2. The number of guanidine groups is 1. The molecule has 0 aromatic heterocycles. The summed E-state index contributed by atoms with van der Waals surface area (Å²) in [6, 6.07) is 8.84. The third kappa shape index (κ3) is 2.42. The summed E-state index contributed by atoms with van der Waals surface area (Å²) in [6.07, 6.45) is 0.419. The van der Waals surface area contributed by atoms with Crippen molar-refractivity contribution < 1.29 is 9.13 Å². The minimum absolute atomic E-state index is 0.349. The van der Waals surface area contributed by atoms with Gasteiger partial charge in [0.15, 0.2) is 11.6 Å². The molecule has 4 nitrogen and oxygen atoms in total. The molecule has 2 aliphatic rings. The Kier molecular flexibility index (Phi) is 3.14. The number of morpholine rings is 1. The summed E-state index contributed by atoms with van der Waals surface area (Å²) < 4.78 is 19.9. The average molecular weight is 263 g/mol. The van der Waals surface area contributed by atoms with Gasteiger partial charge in [-0.1, -0.05) is 30.3 Å². The Morgan fingerprint density at radius 2 is 2.00 bits per heavy atom. The van der Waals surface area contributed by atoms with E-state index in [-0.39, 0.29) is 6.04 Å². The van der Waals surface area contributed by atoms with Crippen molar-refractivity contribution in [1.29, 1.82) is 0 Å². The number of aliphatic imine (C=N–C) groups is 1. The van der Waals surface area contributed by atoms with Gasteiger partial charge in [-0.3, -0.25) is 0 Å². The minimum Gasteiger partial charge on any atom is -0.378 e. The fourth-order valence-corrected chi connectivity index (χ4v) is 2.43. The standard InChI is InChI=1S/C14H18FN3O/c15-14(11-4-2-1-3-5-11)10-12(14)17-13(16)18-6-8-19-9-7-18/h1-5,12H,6-10H2,(H2,16,17). The lowest BCUT2D eigenvalue weighted by Gasteiger charge is -2.27. The molecule has 1 aromatic carbocycles. The molecule has 102 valence electrons. The predicted molar refractivity (Wildman–Crippen MR) is 71.6 cm³/mol. The van der Waals surface area contributed by atoms with Crippen molar-refractivity contribution in [3.05, 3.63) is 35.9 Å². The average Bonchev–Trinajstić information content (AvgIpc) is 3.12. The monoisotopic (exact) mass is 263 g/mol. The molecule has 0 spiro atoms. The van der Waals surface area contributed by atoms with Crippen LogP contribution in [-0.2, 0) is 10.4 Å². The Bertz CT molecular complexity index is 473. The summed E-state index contributed by atoms with van der Waals surface area (Å²) in [4.78, 5) is 6.28. The smallest absolute Gasteiger partial charge is 0.191 e. The van der Waals surface area contributed by atoms with Gasteiger partial charge in [0.1, 0.15) is 0 Å². The zero-order chi connectivity index (χ0) is 13.3. The number of benzene rings is 1. The Morgan fingerprint density at radius 1 is 1.32 bits per heavy atom. The van der Waals surface area contributed by atoms with Crippen LogP contribution in [0.5, 0.6) is 0 Å². The van der Waals surface area contributed by atoms with Gasteiger partial charge in [-0.05, 0) is 5.56 Å². The van der Waals surface area contributed by atoms with Crippen LogP contribution in [0.3, 0.4) is 0 Å². The molecule has 5 heteroatoms.